The second kappa shape index (κ2) is 5.60. The fourth-order valence-electron chi connectivity index (χ4n) is 4.10. The predicted molar refractivity (Wildman–Crippen MR) is 87.7 cm³/mol. The molecule has 0 spiro atoms. The lowest BCUT2D eigenvalue weighted by molar-refractivity contribution is -0.124. The minimum atomic E-state index is -0.609. The van der Waals surface area contributed by atoms with E-state index in [9.17, 15) is 4.79 Å². The monoisotopic (exact) mass is 319 g/mol. The zero-order chi connectivity index (χ0) is 16.8. The van der Waals surface area contributed by atoms with Gasteiger partial charge in [0.15, 0.2) is 5.82 Å². The molecule has 1 heterocycles. The number of rotatable bonds is 4. The summed E-state index contributed by atoms with van der Waals surface area (Å²) in [6.45, 7) is 9.97. The largest absolute Gasteiger partial charge is 0.344 e. The summed E-state index contributed by atoms with van der Waals surface area (Å²) >= 11 is 0. The second-order valence-electron chi connectivity index (χ2n) is 8.99. The Morgan fingerprint density at radius 3 is 2.48 bits per heavy atom. The Morgan fingerprint density at radius 1 is 1.22 bits per heavy atom. The molecule has 1 N–H and O–H groups in total. The number of fused-ring (bicyclic) bond motifs is 2. The molecule has 0 aromatic carbocycles. The highest BCUT2D eigenvalue weighted by molar-refractivity contribution is 5.77. The highest BCUT2D eigenvalue weighted by Crippen LogP contribution is 2.49. The van der Waals surface area contributed by atoms with Crippen molar-refractivity contribution < 1.29 is 9.32 Å². The number of amides is 1. The van der Waals surface area contributed by atoms with Crippen molar-refractivity contribution in [2.75, 3.05) is 0 Å². The van der Waals surface area contributed by atoms with Crippen molar-refractivity contribution in [1.82, 2.24) is 15.5 Å². The van der Waals surface area contributed by atoms with E-state index in [1.165, 1.54) is 25.7 Å². The maximum Gasteiger partial charge on any atom is 0.232 e. The van der Waals surface area contributed by atoms with E-state index in [1.54, 1.807) is 0 Å². The van der Waals surface area contributed by atoms with Gasteiger partial charge in [-0.2, -0.15) is 4.98 Å². The van der Waals surface area contributed by atoms with Gasteiger partial charge in [0.05, 0.1) is 5.54 Å². The van der Waals surface area contributed by atoms with Crippen molar-refractivity contribution in [3.8, 4) is 0 Å². The Balaban J connectivity index is 1.61. The quantitative estimate of drug-likeness (QED) is 0.921. The Kier molecular flexibility index (Phi) is 4.01. The third-order valence-corrected chi connectivity index (χ3v) is 5.41. The maximum atomic E-state index is 12.5. The van der Waals surface area contributed by atoms with Crippen molar-refractivity contribution in [3.63, 3.8) is 0 Å². The predicted octanol–water partition coefficient (Wildman–Crippen LogP) is 3.54. The van der Waals surface area contributed by atoms with E-state index in [4.69, 9.17) is 4.52 Å². The van der Waals surface area contributed by atoms with Crippen LogP contribution in [0.1, 0.15) is 78.4 Å². The molecule has 1 aromatic rings. The molecule has 2 fully saturated rings. The molecule has 0 saturated heterocycles. The normalized spacial score (nSPS) is 27.4. The van der Waals surface area contributed by atoms with Gasteiger partial charge in [0.2, 0.25) is 11.8 Å². The average molecular weight is 319 g/mol. The van der Waals surface area contributed by atoms with Gasteiger partial charge >= 0.3 is 0 Å². The molecule has 0 aliphatic heterocycles. The minimum absolute atomic E-state index is 0.106. The first-order valence-corrected chi connectivity index (χ1v) is 8.81. The van der Waals surface area contributed by atoms with E-state index < -0.39 is 5.54 Å². The number of aromatic nitrogens is 2. The molecule has 5 nitrogen and oxygen atoms in total. The summed E-state index contributed by atoms with van der Waals surface area (Å²) in [6, 6.07) is 0. The van der Waals surface area contributed by atoms with Crippen molar-refractivity contribution in [1.29, 1.82) is 0 Å². The van der Waals surface area contributed by atoms with Crippen LogP contribution in [0.5, 0.6) is 0 Å². The number of carbonyl (C=O) groups excluding carboxylic acids is 1. The fraction of sp³-hybridized carbons (Fsp3) is 0.833. The van der Waals surface area contributed by atoms with Crippen molar-refractivity contribution >= 4 is 5.91 Å². The number of hydrogen-bond donors (Lipinski definition) is 1. The zero-order valence-electron chi connectivity index (χ0n) is 15.0. The van der Waals surface area contributed by atoms with Crippen LogP contribution < -0.4 is 5.32 Å². The van der Waals surface area contributed by atoms with Gasteiger partial charge in [-0.25, -0.2) is 0 Å². The van der Waals surface area contributed by atoms with Crippen LogP contribution in [-0.2, 0) is 15.7 Å². The molecular weight excluding hydrogens is 290 g/mol. The number of carbonyl (C=O) groups is 1. The third-order valence-electron chi connectivity index (χ3n) is 5.41. The van der Waals surface area contributed by atoms with Crippen LogP contribution in [0.2, 0.25) is 0 Å². The van der Waals surface area contributed by atoms with E-state index in [1.807, 2.05) is 34.6 Å². The summed E-state index contributed by atoms with van der Waals surface area (Å²) in [7, 11) is 0. The molecule has 5 heteroatoms. The van der Waals surface area contributed by atoms with Crippen molar-refractivity contribution in [2.24, 2.45) is 17.8 Å². The molecule has 0 unspecified atom stereocenters. The number of hydrogen-bond acceptors (Lipinski definition) is 4. The minimum Gasteiger partial charge on any atom is -0.344 e. The standard InChI is InChI=1S/C18H29N3O2/c1-17(2,3)16-19-15(21-23-16)18(4,5)20-14(22)10-13-9-11-6-7-12(13)8-11/h11-13H,6-10H2,1-5H3,(H,20,22)/t11-,12-,13-/m0/s1. The molecule has 23 heavy (non-hydrogen) atoms. The lowest BCUT2D eigenvalue weighted by atomic mass is 9.86. The first-order chi connectivity index (χ1) is 10.6. The Labute approximate surface area is 138 Å². The molecule has 2 bridgehead atoms. The lowest BCUT2D eigenvalue weighted by Crippen LogP contribution is -2.42. The number of nitrogens with zero attached hydrogens (tertiary/aromatic N) is 2. The van der Waals surface area contributed by atoms with Gasteiger partial charge in [-0.15, -0.1) is 0 Å². The van der Waals surface area contributed by atoms with Gasteiger partial charge in [-0.05, 0) is 50.9 Å². The van der Waals surface area contributed by atoms with Crippen LogP contribution >= 0.6 is 0 Å². The topological polar surface area (TPSA) is 68.0 Å². The first kappa shape index (κ1) is 16.5. The Morgan fingerprint density at radius 2 is 1.96 bits per heavy atom. The Bertz CT molecular complexity index is 585. The molecule has 2 saturated carbocycles. The lowest BCUT2D eigenvalue weighted by Gasteiger charge is -2.26. The average Bonchev–Trinajstić information content (AvgIpc) is 3.13. The van der Waals surface area contributed by atoms with E-state index in [2.05, 4.69) is 15.5 Å². The summed E-state index contributed by atoms with van der Waals surface area (Å²) < 4.78 is 5.36. The summed E-state index contributed by atoms with van der Waals surface area (Å²) in [4.78, 5) is 17.0. The van der Waals surface area contributed by atoms with Gasteiger partial charge < -0.3 is 9.84 Å². The Hall–Kier alpha value is -1.39. The molecule has 3 atom stereocenters. The van der Waals surface area contributed by atoms with Crippen LogP contribution in [0, 0.1) is 17.8 Å². The molecular formula is C18H29N3O2. The highest BCUT2D eigenvalue weighted by Gasteiger charge is 2.41. The smallest absolute Gasteiger partial charge is 0.232 e. The zero-order valence-corrected chi connectivity index (χ0v) is 15.0. The third kappa shape index (κ3) is 3.43. The van der Waals surface area contributed by atoms with Crippen LogP contribution in [0.15, 0.2) is 4.52 Å². The van der Waals surface area contributed by atoms with Gasteiger partial charge in [-0.3, -0.25) is 4.79 Å². The van der Waals surface area contributed by atoms with Crippen LogP contribution in [0.25, 0.3) is 0 Å². The first-order valence-electron chi connectivity index (χ1n) is 8.81. The van der Waals surface area contributed by atoms with Crippen molar-refractivity contribution in [2.45, 2.75) is 77.7 Å². The molecule has 2 aliphatic carbocycles. The highest BCUT2D eigenvalue weighted by atomic mass is 16.5. The molecule has 128 valence electrons. The molecule has 1 aromatic heterocycles. The van der Waals surface area contributed by atoms with Crippen LogP contribution in [0.3, 0.4) is 0 Å². The van der Waals surface area contributed by atoms with Gasteiger partial charge in [-0.1, -0.05) is 32.3 Å². The second-order valence-corrected chi connectivity index (χ2v) is 8.99. The number of nitrogens with one attached hydrogen (secondary N) is 1. The molecule has 1 amide bonds. The summed E-state index contributed by atoms with van der Waals surface area (Å²) in [6.07, 6.45) is 5.88. The van der Waals surface area contributed by atoms with Crippen LogP contribution in [-0.4, -0.2) is 16.0 Å². The van der Waals surface area contributed by atoms with Gasteiger partial charge in [0, 0.05) is 11.8 Å². The van der Waals surface area contributed by atoms with Gasteiger partial charge in [0.25, 0.3) is 0 Å². The summed E-state index contributed by atoms with van der Waals surface area (Å²) in [5.41, 5.74) is -0.796. The SMILES string of the molecule is CC(C)(C)c1nc(C(C)(C)NC(=O)C[C@@H]2C[C@H]3CC[C@H]2C3)no1. The summed E-state index contributed by atoms with van der Waals surface area (Å²) in [5.74, 6) is 3.46. The summed E-state index contributed by atoms with van der Waals surface area (Å²) in [5, 5.41) is 7.18. The van der Waals surface area contributed by atoms with E-state index in [-0.39, 0.29) is 11.3 Å². The van der Waals surface area contributed by atoms with E-state index in [0.29, 0.717) is 24.1 Å². The fourth-order valence-corrected chi connectivity index (χ4v) is 4.10. The van der Waals surface area contributed by atoms with Gasteiger partial charge in [0.1, 0.15) is 0 Å². The van der Waals surface area contributed by atoms with E-state index >= 15 is 0 Å². The molecule has 3 rings (SSSR count). The van der Waals surface area contributed by atoms with Crippen LogP contribution in [0.4, 0.5) is 0 Å². The van der Waals surface area contributed by atoms with Crippen molar-refractivity contribution in [3.05, 3.63) is 11.7 Å². The molecule has 2 aliphatic rings. The van der Waals surface area contributed by atoms with E-state index in [0.717, 1.165) is 11.8 Å². The maximum absolute atomic E-state index is 12.5. The molecule has 0 radical (unpaired) electrons.